The Morgan fingerprint density at radius 1 is 0.800 bits per heavy atom. The molecule has 0 spiro atoms. The van der Waals surface area contributed by atoms with Crippen LogP contribution in [0.25, 0.3) is 5.82 Å². The number of fused-ring (bicyclic) bond motifs is 1. The highest BCUT2D eigenvalue weighted by Gasteiger charge is 2.40. The molecule has 2 aromatic heterocycles. The van der Waals surface area contributed by atoms with Crippen LogP contribution in [0.4, 0.5) is 5.82 Å². The Morgan fingerprint density at radius 3 is 2.13 bits per heavy atom. The fourth-order valence-electron chi connectivity index (χ4n) is 5.59. The maximum absolute atomic E-state index is 4.59. The van der Waals surface area contributed by atoms with Crippen LogP contribution >= 0.6 is 0 Å². The van der Waals surface area contributed by atoms with Crippen molar-refractivity contribution < 1.29 is 0 Å². The van der Waals surface area contributed by atoms with E-state index in [-0.39, 0.29) is 0 Å². The van der Waals surface area contributed by atoms with Gasteiger partial charge in [0.2, 0.25) is 0 Å². The Bertz CT molecular complexity index is 841. The fraction of sp³-hybridized carbons (Fsp3) is 0.696. The molecule has 0 aromatic carbocycles. The molecule has 0 aliphatic carbocycles. The van der Waals surface area contributed by atoms with E-state index in [4.69, 9.17) is 0 Å². The van der Waals surface area contributed by atoms with Crippen molar-refractivity contribution in [2.24, 2.45) is 11.8 Å². The summed E-state index contributed by atoms with van der Waals surface area (Å²) in [7, 11) is 0. The predicted octanol–water partition coefficient (Wildman–Crippen LogP) is 2.52. The van der Waals surface area contributed by atoms with Crippen molar-refractivity contribution in [3.63, 3.8) is 0 Å². The molecule has 3 fully saturated rings. The minimum absolute atomic E-state index is 0.765. The number of anilines is 1. The number of rotatable bonds is 5. The highest BCUT2D eigenvalue weighted by molar-refractivity contribution is 5.45. The first kappa shape index (κ1) is 19.9. The van der Waals surface area contributed by atoms with Gasteiger partial charge in [-0.05, 0) is 57.7 Å². The van der Waals surface area contributed by atoms with E-state index >= 15 is 0 Å². The van der Waals surface area contributed by atoms with Gasteiger partial charge in [0.15, 0.2) is 5.82 Å². The third-order valence-corrected chi connectivity index (χ3v) is 7.18. The number of likely N-dealkylation sites (tertiary alicyclic amines) is 2. The molecular weight excluding hydrogens is 374 g/mol. The van der Waals surface area contributed by atoms with Crippen LogP contribution in [0.1, 0.15) is 37.1 Å². The van der Waals surface area contributed by atoms with Gasteiger partial charge in [-0.1, -0.05) is 12.8 Å². The molecule has 7 nitrogen and oxygen atoms in total. The van der Waals surface area contributed by atoms with E-state index in [0.717, 1.165) is 47.9 Å². The summed E-state index contributed by atoms with van der Waals surface area (Å²) >= 11 is 0. The van der Waals surface area contributed by atoms with Crippen molar-refractivity contribution in [2.75, 3.05) is 57.3 Å². The molecule has 3 aliphatic rings. The van der Waals surface area contributed by atoms with Crippen LogP contribution in [-0.4, -0.2) is 81.9 Å². The minimum Gasteiger partial charge on any atom is -0.356 e. The molecule has 2 atom stereocenters. The summed E-state index contributed by atoms with van der Waals surface area (Å²) in [5.41, 5.74) is 2.12. The molecule has 5 heterocycles. The summed E-state index contributed by atoms with van der Waals surface area (Å²) in [5, 5.41) is 4.58. The van der Waals surface area contributed by atoms with Crippen molar-refractivity contribution in [3.8, 4) is 5.82 Å². The smallest absolute Gasteiger partial charge is 0.159 e. The zero-order chi connectivity index (χ0) is 20.5. The highest BCUT2D eigenvalue weighted by atomic mass is 15.3. The van der Waals surface area contributed by atoms with Crippen LogP contribution in [0, 0.1) is 25.7 Å². The van der Waals surface area contributed by atoms with Crippen LogP contribution in [0.2, 0.25) is 0 Å². The molecule has 0 amide bonds. The molecule has 0 saturated carbocycles. The number of nitrogens with zero attached hydrogens (tertiary/aromatic N) is 7. The zero-order valence-corrected chi connectivity index (χ0v) is 18.5. The maximum Gasteiger partial charge on any atom is 0.159 e. The van der Waals surface area contributed by atoms with Gasteiger partial charge >= 0.3 is 0 Å². The summed E-state index contributed by atoms with van der Waals surface area (Å²) in [5.74, 6) is 3.43. The second-order valence-corrected chi connectivity index (χ2v) is 9.51. The molecule has 7 heteroatoms. The fourth-order valence-corrected chi connectivity index (χ4v) is 5.59. The van der Waals surface area contributed by atoms with E-state index in [1.165, 1.54) is 65.0 Å². The quantitative estimate of drug-likeness (QED) is 0.756. The lowest BCUT2D eigenvalue weighted by molar-refractivity contribution is 0.224. The molecule has 2 unspecified atom stereocenters. The summed E-state index contributed by atoms with van der Waals surface area (Å²) in [4.78, 5) is 16.9. The molecule has 0 N–H and O–H groups in total. The number of aromatic nitrogens is 4. The number of hydrogen-bond donors (Lipinski definition) is 0. The lowest BCUT2D eigenvalue weighted by Crippen LogP contribution is -2.36. The molecule has 0 bridgehead atoms. The first-order chi connectivity index (χ1) is 14.7. The third kappa shape index (κ3) is 4.23. The Labute approximate surface area is 180 Å². The van der Waals surface area contributed by atoms with Gasteiger partial charge in [-0.25, -0.2) is 14.6 Å². The minimum atomic E-state index is 0.765. The number of aryl methyl sites for hydroxylation is 2. The van der Waals surface area contributed by atoms with Crippen LogP contribution < -0.4 is 4.90 Å². The number of hydrogen-bond acceptors (Lipinski definition) is 6. The van der Waals surface area contributed by atoms with E-state index in [9.17, 15) is 0 Å². The summed E-state index contributed by atoms with van der Waals surface area (Å²) < 4.78 is 1.92. The molecule has 2 aromatic rings. The maximum atomic E-state index is 4.59. The second-order valence-electron chi connectivity index (χ2n) is 9.51. The molecular formula is C23H35N7. The van der Waals surface area contributed by atoms with Crippen LogP contribution in [0.3, 0.4) is 0 Å². The third-order valence-electron chi connectivity index (χ3n) is 7.18. The Hall–Kier alpha value is -1.99. The van der Waals surface area contributed by atoms with Gasteiger partial charge in [-0.3, -0.25) is 0 Å². The molecule has 3 saturated heterocycles. The van der Waals surface area contributed by atoms with Crippen molar-refractivity contribution in [3.05, 3.63) is 29.8 Å². The van der Waals surface area contributed by atoms with Gasteiger partial charge in [0, 0.05) is 51.0 Å². The second kappa shape index (κ2) is 8.63. The van der Waals surface area contributed by atoms with Crippen molar-refractivity contribution >= 4 is 5.82 Å². The monoisotopic (exact) mass is 409 g/mol. The van der Waals surface area contributed by atoms with E-state index in [2.05, 4.69) is 48.8 Å². The molecule has 162 valence electrons. The van der Waals surface area contributed by atoms with Gasteiger partial charge in [0.25, 0.3) is 0 Å². The first-order valence-corrected chi connectivity index (χ1v) is 11.7. The normalized spacial score (nSPS) is 25.6. The van der Waals surface area contributed by atoms with E-state index in [1.807, 2.05) is 11.6 Å². The van der Waals surface area contributed by atoms with Crippen molar-refractivity contribution in [2.45, 2.75) is 39.5 Å². The van der Waals surface area contributed by atoms with Gasteiger partial charge in [-0.15, -0.1) is 0 Å². The largest absolute Gasteiger partial charge is 0.356 e. The van der Waals surface area contributed by atoms with Crippen LogP contribution in [0.15, 0.2) is 18.5 Å². The molecule has 30 heavy (non-hydrogen) atoms. The van der Waals surface area contributed by atoms with Gasteiger partial charge in [0.05, 0.1) is 5.69 Å². The van der Waals surface area contributed by atoms with E-state index in [0.29, 0.717) is 0 Å². The first-order valence-electron chi connectivity index (χ1n) is 11.7. The Kier molecular flexibility index (Phi) is 5.74. The van der Waals surface area contributed by atoms with Gasteiger partial charge in [-0.2, -0.15) is 5.10 Å². The van der Waals surface area contributed by atoms with Crippen LogP contribution in [0.5, 0.6) is 0 Å². The standard InChI is InChI=1S/C23H35N7/c1-18-11-19(2)30(26-18)23-12-22(24-17-25-23)29-15-20-13-28(14-21(20)16-29)10-9-27-7-5-3-4-6-8-27/h11-12,17,20-21H,3-10,13-16H2,1-2H3. The van der Waals surface area contributed by atoms with Crippen molar-refractivity contribution in [1.29, 1.82) is 0 Å². The SMILES string of the molecule is Cc1cc(C)n(-c2cc(N3CC4CN(CCN5CCCCCC5)CC4C3)ncn2)n1. The zero-order valence-electron chi connectivity index (χ0n) is 18.5. The molecule has 0 radical (unpaired) electrons. The lowest BCUT2D eigenvalue weighted by atomic mass is 10.0. The highest BCUT2D eigenvalue weighted by Crippen LogP contribution is 2.33. The topological polar surface area (TPSA) is 53.3 Å². The summed E-state index contributed by atoms with van der Waals surface area (Å²) in [6.07, 6.45) is 7.30. The van der Waals surface area contributed by atoms with Crippen LogP contribution in [-0.2, 0) is 0 Å². The van der Waals surface area contributed by atoms with Crippen molar-refractivity contribution in [1.82, 2.24) is 29.5 Å². The van der Waals surface area contributed by atoms with E-state index in [1.54, 1.807) is 6.33 Å². The summed E-state index contributed by atoms with van der Waals surface area (Å²) in [6.45, 7) is 13.9. The molecule has 5 rings (SSSR count). The average molecular weight is 410 g/mol. The Balaban J connectivity index is 1.17. The summed E-state index contributed by atoms with van der Waals surface area (Å²) in [6, 6.07) is 4.18. The predicted molar refractivity (Wildman–Crippen MR) is 119 cm³/mol. The molecule has 3 aliphatic heterocycles. The average Bonchev–Trinajstić information content (AvgIpc) is 3.33. The van der Waals surface area contributed by atoms with Gasteiger partial charge < -0.3 is 14.7 Å². The Morgan fingerprint density at radius 2 is 1.47 bits per heavy atom. The lowest BCUT2D eigenvalue weighted by Gasteiger charge is -2.25. The van der Waals surface area contributed by atoms with E-state index < -0.39 is 0 Å². The van der Waals surface area contributed by atoms with Gasteiger partial charge in [0.1, 0.15) is 12.1 Å².